The number of carbonyl (C=O) groups excluding carboxylic acids is 3. The Morgan fingerprint density at radius 2 is 1.42 bits per heavy atom. The zero-order valence-corrected chi connectivity index (χ0v) is 26.9. The molecular weight excluding hydrogens is 661 g/mol. The van der Waals surface area contributed by atoms with Crippen molar-refractivity contribution in [2.45, 2.75) is 18.0 Å². The molecule has 0 spiro atoms. The highest BCUT2D eigenvalue weighted by molar-refractivity contribution is 6.12. The third-order valence-electron chi connectivity index (χ3n) is 7.76. The maximum absolute atomic E-state index is 13.7. The minimum Gasteiger partial charge on any atom is -0.496 e. The average molecular weight is 693 g/mol. The number of alkyl halides is 3. The summed E-state index contributed by atoms with van der Waals surface area (Å²) in [6.07, 6.45) is -5.05. The van der Waals surface area contributed by atoms with E-state index in [0.29, 0.717) is 0 Å². The number of carbonyl (C=O) groups is 5. The third kappa shape index (κ3) is 7.75. The van der Waals surface area contributed by atoms with Gasteiger partial charge in [0.2, 0.25) is 5.41 Å². The van der Waals surface area contributed by atoms with Gasteiger partial charge < -0.3 is 29.9 Å². The van der Waals surface area contributed by atoms with Crippen LogP contribution >= 0.6 is 0 Å². The van der Waals surface area contributed by atoms with Gasteiger partial charge in [-0.25, -0.2) is 0 Å². The molecular formula is C36H31F3N2O9. The summed E-state index contributed by atoms with van der Waals surface area (Å²) in [6, 6.07) is 19.8. The van der Waals surface area contributed by atoms with E-state index in [0.717, 1.165) is 12.1 Å². The molecule has 2 amide bonds. The Morgan fingerprint density at radius 1 is 0.780 bits per heavy atom. The van der Waals surface area contributed by atoms with Crippen molar-refractivity contribution < 1.29 is 56.8 Å². The number of nitrogens with one attached hydrogen (secondary N) is 1. The fraction of sp³-hybridized carbons (Fsp3) is 0.194. The second kappa shape index (κ2) is 14.9. The van der Waals surface area contributed by atoms with Crippen LogP contribution in [0.2, 0.25) is 0 Å². The van der Waals surface area contributed by atoms with Gasteiger partial charge >= 0.3 is 24.1 Å². The van der Waals surface area contributed by atoms with Gasteiger partial charge in [-0.15, -0.1) is 0 Å². The number of rotatable bonds is 12. The van der Waals surface area contributed by atoms with Gasteiger partial charge in [-0.3, -0.25) is 24.0 Å². The standard InChI is InChI=1S/C36H31F3N2O9/c1-41(2)32(44)26-18-21(19-29(42)50-20-35(33(45)46,34(47)48)23-8-5-4-6-9-23)12-17-27(26)40-31(43)25-10-7-11-28(49-3)30(25)22-13-15-24(16-14-22)36(37,38)39/h4-18H,19-20H2,1-3H3,(H,40,43)(H,45,46)(H,47,48). The smallest absolute Gasteiger partial charge is 0.416 e. The molecule has 0 aliphatic rings. The number of halogens is 3. The monoisotopic (exact) mass is 692 g/mol. The van der Waals surface area contributed by atoms with Crippen molar-refractivity contribution in [3.63, 3.8) is 0 Å². The number of aliphatic carboxylic acids is 2. The number of benzene rings is 4. The predicted molar refractivity (Wildman–Crippen MR) is 174 cm³/mol. The van der Waals surface area contributed by atoms with Crippen molar-refractivity contribution in [2.75, 3.05) is 33.1 Å². The van der Waals surface area contributed by atoms with Crippen LogP contribution in [0.1, 0.15) is 37.4 Å². The van der Waals surface area contributed by atoms with E-state index in [4.69, 9.17) is 9.47 Å². The lowest BCUT2D eigenvalue weighted by molar-refractivity contribution is -0.164. The molecule has 0 fully saturated rings. The minimum absolute atomic E-state index is 0.0266. The van der Waals surface area contributed by atoms with Gasteiger partial charge in [-0.05, 0) is 53.1 Å². The van der Waals surface area contributed by atoms with E-state index < -0.39 is 59.9 Å². The molecule has 0 aliphatic carbocycles. The lowest BCUT2D eigenvalue weighted by atomic mass is 9.81. The molecule has 50 heavy (non-hydrogen) atoms. The largest absolute Gasteiger partial charge is 0.496 e. The Labute approximate surface area is 283 Å². The van der Waals surface area contributed by atoms with Crippen LogP contribution < -0.4 is 10.1 Å². The number of carboxylic acids is 2. The summed E-state index contributed by atoms with van der Waals surface area (Å²) < 4.78 is 50.1. The molecule has 0 bridgehead atoms. The van der Waals surface area contributed by atoms with Crippen LogP contribution in [-0.4, -0.2) is 72.6 Å². The summed E-state index contributed by atoms with van der Waals surface area (Å²) in [7, 11) is 4.26. The molecule has 0 heterocycles. The number of methoxy groups -OCH3 is 1. The van der Waals surface area contributed by atoms with E-state index >= 15 is 0 Å². The highest BCUT2D eigenvalue weighted by Gasteiger charge is 2.50. The Morgan fingerprint density at radius 3 is 1.98 bits per heavy atom. The van der Waals surface area contributed by atoms with Crippen molar-refractivity contribution >= 4 is 35.4 Å². The summed E-state index contributed by atoms with van der Waals surface area (Å²) in [5.41, 5.74) is -2.84. The molecule has 4 aromatic carbocycles. The minimum atomic E-state index is -4.57. The Bertz CT molecular complexity index is 1910. The van der Waals surface area contributed by atoms with Crippen LogP contribution in [0, 0.1) is 0 Å². The lowest BCUT2D eigenvalue weighted by Gasteiger charge is -2.25. The molecule has 11 nitrogen and oxygen atoms in total. The summed E-state index contributed by atoms with van der Waals surface area (Å²) in [5, 5.41) is 22.3. The molecule has 0 radical (unpaired) electrons. The summed E-state index contributed by atoms with van der Waals surface area (Å²) >= 11 is 0. The van der Waals surface area contributed by atoms with E-state index in [1.54, 1.807) is 6.07 Å². The first-order valence-electron chi connectivity index (χ1n) is 14.8. The Kier molecular flexibility index (Phi) is 10.9. The van der Waals surface area contributed by atoms with Gasteiger partial charge in [0, 0.05) is 19.7 Å². The topological polar surface area (TPSA) is 160 Å². The third-order valence-corrected chi connectivity index (χ3v) is 7.76. The number of esters is 1. The summed E-state index contributed by atoms with van der Waals surface area (Å²) in [5.74, 6) is -5.54. The molecule has 0 aliphatic heterocycles. The van der Waals surface area contributed by atoms with Gasteiger partial charge in [-0.1, -0.05) is 54.6 Å². The van der Waals surface area contributed by atoms with Crippen molar-refractivity contribution in [3.05, 3.63) is 119 Å². The first-order valence-corrected chi connectivity index (χ1v) is 14.8. The number of carboxylic acid groups (broad SMARTS) is 2. The quantitative estimate of drug-likeness (QED) is 0.128. The normalized spacial score (nSPS) is 11.3. The molecule has 0 saturated carbocycles. The van der Waals surface area contributed by atoms with E-state index in [9.17, 15) is 47.4 Å². The first kappa shape index (κ1) is 36.7. The molecule has 0 aromatic heterocycles. The van der Waals surface area contributed by atoms with Crippen molar-refractivity contribution in [1.29, 1.82) is 0 Å². The Balaban J connectivity index is 1.62. The zero-order chi connectivity index (χ0) is 36.8. The zero-order valence-electron chi connectivity index (χ0n) is 26.9. The van der Waals surface area contributed by atoms with E-state index in [1.807, 2.05) is 0 Å². The first-order chi connectivity index (χ1) is 23.6. The summed E-state index contributed by atoms with van der Waals surface area (Å²) in [6.45, 7) is -1.01. The van der Waals surface area contributed by atoms with Crippen LogP contribution in [0.25, 0.3) is 11.1 Å². The van der Waals surface area contributed by atoms with Crippen molar-refractivity contribution in [2.24, 2.45) is 0 Å². The molecule has 3 N–H and O–H groups in total. The van der Waals surface area contributed by atoms with Gasteiger partial charge in [0.05, 0.1) is 35.9 Å². The van der Waals surface area contributed by atoms with Crippen LogP contribution in [-0.2, 0) is 37.1 Å². The van der Waals surface area contributed by atoms with Gasteiger partial charge in [0.1, 0.15) is 12.4 Å². The van der Waals surface area contributed by atoms with Crippen LogP contribution in [0.15, 0.2) is 91.0 Å². The SMILES string of the molecule is COc1cccc(C(=O)Nc2ccc(CC(=O)OCC(C(=O)O)(C(=O)O)c3ccccc3)cc2C(=O)N(C)C)c1-c1ccc(C(F)(F)F)cc1. The second-order valence-electron chi connectivity index (χ2n) is 11.2. The van der Waals surface area contributed by atoms with Crippen LogP contribution in [0.4, 0.5) is 18.9 Å². The van der Waals surface area contributed by atoms with E-state index in [1.165, 1.54) is 98.9 Å². The number of ether oxygens (including phenoxy) is 2. The molecule has 0 atom stereocenters. The van der Waals surface area contributed by atoms with Crippen LogP contribution in [0.5, 0.6) is 5.75 Å². The fourth-order valence-corrected chi connectivity index (χ4v) is 5.11. The molecule has 260 valence electrons. The second-order valence-corrected chi connectivity index (χ2v) is 11.2. The Hall–Kier alpha value is -6.18. The molecule has 14 heteroatoms. The highest BCUT2D eigenvalue weighted by Crippen LogP contribution is 2.37. The van der Waals surface area contributed by atoms with Crippen molar-refractivity contribution in [1.82, 2.24) is 4.90 Å². The van der Waals surface area contributed by atoms with E-state index in [2.05, 4.69) is 5.32 Å². The molecule has 4 rings (SSSR count). The molecule has 4 aromatic rings. The summed E-state index contributed by atoms with van der Waals surface area (Å²) in [4.78, 5) is 65.2. The maximum Gasteiger partial charge on any atom is 0.416 e. The number of amides is 2. The fourth-order valence-electron chi connectivity index (χ4n) is 5.11. The molecule has 0 saturated heterocycles. The van der Waals surface area contributed by atoms with Gasteiger partial charge in [0.25, 0.3) is 11.8 Å². The average Bonchev–Trinajstić information content (AvgIpc) is 3.08. The van der Waals surface area contributed by atoms with Gasteiger partial charge in [-0.2, -0.15) is 13.2 Å². The maximum atomic E-state index is 13.7. The van der Waals surface area contributed by atoms with Gasteiger partial charge in [0.15, 0.2) is 0 Å². The number of nitrogens with zero attached hydrogens (tertiary/aromatic N) is 1. The van der Waals surface area contributed by atoms with Crippen molar-refractivity contribution in [3.8, 4) is 16.9 Å². The van der Waals surface area contributed by atoms with E-state index in [-0.39, 0.29) is 44.8 Å². The number of hydrogen-bond acceptors (Lipinski definition) is 7. The number of hydrogen-bond donors (Lipinski definition) is 3. The van der Waals surface area contributed by atoms with Crippen LogP contribution in [0.3, 0.4) is 0 Å². The molecule has 0 unspecified atom stereocenters. The lowest BCUT2D eigenvalue weighted by Crippen LogP contribution is -2.48. The number of anilines is 1. The highest BCUT2D eigenvalue weighted by atomic mass is 19.4. The predicted octanol–water partition coefficient (Wildman–Crippen LogP) is 5.53.